The van der Waals surface area contributed by atoms with Crippen LogP contribution in [0.5, 0.6) is 0 Å². The lowest BCUT2D eigenvalue weighted by Crippen LogP contribution is -2.38. The molecule has 0 saturated carbocycles. The Kier molecular flexibility index (Phi) is 9.43. The summed E-state index contributed by atoms with van der Waals surface area (Å²) in [5.74, 6) is 0.144. The first-order valence-electron chi connectivity index (χ1n) is 13.9. The van der Waals surface area contributed by atoms with E-state index in [2.05, 4.69) is 55.3 Å². The van der Waals surface area contributed by atoms with Gasteiger partial charge in [-0.1, -0.05) is 43.0 Å². The molecule has 0 aliphatic carbocycles. The van der Waals surface area contributed by atoms with E-state index in [0.717, 1.165) is 35.2 Å². The first-order valence-corrected chi connectivity index (χ1v) is 13.9. The molecule has 6 heteroatoms. The molecule has 1 aliphatic rings. The molecule has 0 unspecified atom stereocenters. The molecule has 40 heavy (non-hydrogen) atoms. The molecule has 2 amide bonds. The number of allylic oxidation sites excluding steroid dienone is 3. The maximum Gasteiger partial charge on any atom is 0.255 e. The van der Waals surface area contributed by atoms with Gasteiger partial charge in [0.1, 0.15) is 0 Å². The summed E-state index contributed by atoms with van der Waals surface area (Å²) >= 11 is 0. The van der Waals surface area contributed by atoms with Gasteiger partial charge in [-0.3, -0.25) is 9.59 Å². The Morgan fingerprint density at radius 2 is 1.75 bits per heavy atom. The molecule has 6 nitrogen and oxygen atoms in total. The highest BCUT2D eigenvalue weighted by atomic mass is 16.3. The molecular weight excluding hydrogens is 498 g/mol. The molecule has 0 spiro atoms. The Balaban J connectivity index is 1.38. The van der Waals surface area contributed by atoms with Crippen LogP contribution in [0.3, 0.4) is 0 Å². The lowest BCUT2D eigenvalue weighted by molar-refractivity contribution is -0.112. The summed E-state index contributed by atoms with van der Waals surface area (Å²) in [5, 5.41) is 6.26. The van der Waals surface area contributed by atoms with E-state index >= 15 is 0 Å². The highest BCUT2D eigenvalue weighted by molar-refractivity contribution is 6.07. The zero-order valence-electron chi connectivity index (χ0n) is 23.9. The molecule has 1 saturated heterocycles. The highest BCUT2D eigenvalue weighted by Gasteiger charge is 2.25. The number of nitrogens with one attached hydrogen (secondary N) is 2. The van der Waals surface area contributed by atoms with Crippen molar-refractivity contribution in [1.82, 2.24) is 10.2 Å². The average Bonchev–Trinajstić information content (AvgIpc) is 3.49. The van der Waals surface area contributed by atoms with E-state index in [9.17, 15) is 9.59 Å². The minimum atomic E-state index is -0.268. The summed E-state index contributed by atoms with van der Waals surface area (Å²) in [4.78, 5) is 28.3. The monoisotopic (exact) mass is 537 g/mol. The molecule has 1 aromatic heterocycles. The predicted molar refractivity (Wildman–Crippen MR) is 162 cm³/mol. The van der Waals surface area contributed by atoms with Crippen LogP contribution < -0.4 is 10.6 Å². The van der Waals surface area contributed by atoms with Gasteiger partial charge in [0.2, 0.25) is 0 Å². The van der Waals surface area contributed by atoms with E-state index in [1.165, 1.54) is 11.6 Å². The first-order chi connectivity index (χ1) is 19.2. The van der Waals surface area contributed by atoms with Crippen LogP contribution in [-0.4, -0.2) is 35.8 Å². The first kappa shape index (κ1) is 28.7. The van der Waals surface area contributed by atoms with Gasteiger partial charge in [-0.05, 0) is 93.5 Å². The summed E-state index contributed by atoms with van der Waals surface area (Å²) in [6, 6.07) is 16.4. The van der Waals surface area contributed by atoms with Gasteiger partial charge in [0.15, 0.2) is 0 Å². The second-order valence-corrected chi connectivity index (χ2v) is 10.7. The second kappa shape index (κ2) is 13.2. The van der Waals surface area contributed by atoms with Gasteiger partial charge in [0.25, 0.3) is 11.8 Å². The summed E-state index contributed by atoms with van der Waals surface area (Å²) < 4.78 is 5.19. The van der Waals surface area contributed by atoms with E-state index in [1.54, 1.807) is 24.7 Å². The number of furan rings is 1. The predicted octanol–water partition coefficient (Wildman–Crippen LogP) is 7.23. The van der Waals surface area contributed by atoms with E-state index in [-0.39, 0.29) is 11.8 Å². The molecule has 3 aromatic rings. The van der Waals surface area contributed by atoms with Crippen LogP contribution in [0, 0.1) is 6.92 Å². The van der Waals surface area contributed by atoms with Crippen molar-refractivity contribution in [2.45, 2.75) is 52.5 Å². The van der Waals surface area contributed by atoms with Crippen LogP contribution in [0.4, 0.5) is 5.69 Å². The van der Waals surface area contributed by atoms with Crippen molar-refractivity contribution in [3.05, 3.63) is 114 Å². The maximum atomic E-state index is 13.4. The van der Waals surface area contributed by atoms with Crippen molar-refractivity contribution in [2.24, 2.45) is 0 Å². The largest absolute Gasteiger partial charge is 0.472 e. The topological polar surface area (TPSA) is 74.6 Å². The number of nitrogens with zero attached hydrogens (tertiary/aromatic N) is 1. The number of amides is 2. The molecule has 2 heterocycles. The van der Waals surface area contributed by atoms with Gasteiger partial charge in [0, 0.05) is 47.2 Å². The van der Waals surface area contributed by atoms with E-state index in [4.69, 9.17) is 4.42 Å². The molecule has 4 rings (SSSR count). The lowest BCUT2D eigenvalue weighted by atomic mass is 9.88. The van der Waals surface area contributed by atoms with E-state index in [1.807, 2.05) is 43.0 Å². The number of aryl methyl sites for hydroxylation is 1. The maximum absolute atomic E-state index is 13.4. The molecule has 208 valence electrons. The second-order valence-electron chi connectivity index (χ2n) is 10.7. The van der Waals surface area contributed by atoms with Gasteiger partial charge in [-0.2, -0.15) is 0 Å². The molecule has 2 aromatic carbocycles. The van der Waals surface area contributed by atoms with Crippen LogP contribution in [0.15, 0.2) is 102 Å². The fourth-order valence-electron chi connectivity index (χ4n) is 5.01. The van der Waals surface area contributed by atoms with Crippen LogP contribution >= 0.6 is 0 Å². The average molecular weight is 538 g/mol. The van der Waals surface area contributed by atoms with Gasteiger partial charge in [0.05, 0.1) is 12.5 Å². The van der Waals surface area contributed by atoms with Crippen molar-refractivity contribution in [3.8, 4) is 11.1 Å². The van der Waals surface area contributed by atoms with E-state index in [0.29, 0.717) is 41.9 Å². The zero-order valence-corrected chi connectivity index (χ0v) is 23.9. The molecule has 0 bridgehead atoms. The third-order valence-corrected chi connectivity index (χ3v) is 7.26. The standard InChI is InChI=1S/C34H39N3O3/c1-6-26(10-8-25(5)35-23(2)3)33(38)36-32-21-30(9-7-24(32)4)34(39)37-18-15-29(16-19-37)27-11-13-28(14-12-27)31-17-20-40-22-31/h6-14,17,20-23,29,35H,1,15-16,18-19H2,2-5H3,(H,36,38)/b25-8+,26-10+. The number of piperidine rings is 1. The number of rotatable bonds is 9. The highest BCUT2D eigenvalue weighted by Crippen LogP contribution is 2.31. The lowest BCUT2D eigenvalue weighted by Gasteiger charge is -2.32. The van der Waals surface area contributed by atoms with Crippen molar-refractivity contribution < 1.29 is 14.0 Å². The number of anilines is 1. The molecule has 1 aliphatic heterocycles. The van der Waals surface area contributed by atoms with Crippen LogP contribution in [0.2, 0.25) is 0 Å². The van der Waals surface area contributed by atoms with E-state index < -0.39 is 0 Å². The number of carbonyl (C=O) groups is 2. The third-order valence-electron chi connectivity index (χ3n) is 7.26. The molecule has 1 fully saturated rings. The van der Waals surface area contributed by atoms with Crippen molar-refractivity contribution >= 4 is 17.5 Å². The number of likely N-dealkylation sites (tertiary alicyclic amines) is 1. The number of hydrogen-bond donors (Lipinski definition) is 2. The molecule has 2 N–H and O–H groups in total. The van der Waals surface area contributed by atoms with Gasteiger partial charge < -0.3 is 20.0 Å². The smallest absolute Gasteiger partial charge is 0.255 e. The molecule has 0 atom stereocenters. The number of benzene rings is 2. The van der Waals surface area contributed by atoms with Gasteiger partial charge in [-0.25, -0.2) is 0 Å². The summed E-state index contributed by atoms with van der Waals surface area (Å²) in [5.41, 5.74) is 7.00. The van der Waals surface area contributed by atoms with Crippen molar-refractivity contribution in [1.29, 1.82) is 0 Å². The Labute approximate surface area is 237 Å². The molecule has 0 radical (unpaired) electrons. The Morgan fingerprint density at radius 1 is 1.02 bits per heavy atom. The SMILES string of the molecule is C=C/C(=C\C=C(/C)NC(C)C)C(=O)Nc1cc(C(=O)N2CCC(c3ccc(-c4ccoc4)cc3)CC2)ccc1C. The quantitative estimate of drug-likeness (QED) is 0.223. The normalized spacial score (nSPS) is 14.8. The van der Waals surface area contributed by atoms with Crippen LogP contribution in [-0.2, 0) is 4.79 Å². The summed E-state index contributed by atoms with van der Waals surface area (Å²) in [7, 11) is 0. The van der Waals surface area contributed by atoms with Gasteiger partial charge in [-0.15, -0.1) is 0 Å². The van der Waals surface area contributed by atoms with Crippen LogP contribution in [0.1, 0.15) is 61.0 Å². The number of carbonyl (C=O) groups excluding carboxylic acids is 2. The Morgan fingerprint density at radius 3 is 2.38 bits per heavy atom. The minimum absolute atomic E-state index is 0.0120. The number of hydrogen-bond acceptors (Lipinski definition) is 4. The summed E-state index contributed by atoms with van der Waals surface area (Å²) in [6.07, 6.45) is 10.4. The minimum Gasteiger partial charge on any atom is -0.472 e. The Hall–Kier alpha value is -4.32. The van der Waals surface area contributed by atoms with Crippen molar-refractivity contribution in [3.63, 3.8) is 0 Å². The summed E-state index contributed by atoms with van der Waals surface area (Å²) in [6.45, 7) is 13.2. The Bertz CT molecular complexity index is 1390. The third kappa shape index (κ3) is 7.20. The molecular formula is C34H39N3O3. The van der Waals surface area contributed by atoms with Gasteiger partial charge >= 0.3 is 0 Å². The van der Waals surface area contributed by atoms with Crippen LogP contribution in [0.25, 0.3) is 11.1 Å². The zero-order chi connectivity index (χ0) is 28.6. The fraction of sp³-hybridized carbons (Fsp3) is 0.294. The van der Waals surface area contributed by atoms with Crippen molar-refractivity contribution in [2.75, 3.05) is 18.4 Å². The fourth-order valence-corrected chi connectivity index (χ4v) is 5.01.